The largest absolute Gasteiger partial charge is 0.444 e. The fourth-order valence-electron chi connectivity index (χ4n) is 3.96. The number of hydrogen-bond acceptors (Lipinski definition) is 4. The van der Waals surface area contributed by atoms with Crippen LogP contribution in [0, 0.1) is 12.8 Å². The van der Waals surface area contributed by atoms with Crippen molar-refractivity contribution >= 4 is 17.9 Å². The van der Waals surface area contributed by atoms with E-state index < -0.39 is 23.8 Å². The van der Waals surface area contributed by atoms with E-state index in [1.54, 1.807) is 25.7 Å². The number of nitrogens with zero attached hydrogens (tertiary/aromatic N) is 1. The van der Waals surface area contributed by atoms with Crippen LogP contribution in [-0.2, 0) is 20.9 Å². The SMILES string of the molecule is CCC(C)C(NC(=O)OC(C)(C)C)C(=O)N(CC)C(C(=O)NCc1ccccc1)c1cccc(C)c1. The second-order valence-corrected chi connectivity index (χ2v) is 10.2. The average Bonchev–Trinajstić information content (AvgIpc) is 2.83. The number of ether oxygens (including phenoxy) is 1. The first-order valence-corrected chi connectivity index (χ1v) is 12.6. The molecule has 2 N–H and O–H groups in total. The monoisotopic (exact) mass is 495 g/mol. The lowest BCUT2D eigenvalue weighted by Gasteiger charge is -2.35. The normalized spacial score (nSPS) is 13.8. The maximum Gasteiger partial charge on any atom is 0.408 e. The Hall–Kier alpha value is -3.35. The summed E-state index contributed by atoms with van der Waals surface area (Å²) in [6.07, 6.45) is 0.0110. The lowest BCUT2D eigenvalue weighted by Crippen LogP contribution is -2.55. The van der Waals surface area contributed by atoms with Gasteiger partial charge in [0.2, 0.25) is 11.8 Å². The standard InChI is InChI=1S/C29H41N3O4/c1-8-21(4)24(31-28(35)36-29(5,6)7)27(34)32(9-2)25(23-17-13-14-20(3)18-23)26(33)30-19-22-15-11-10-12-16-22/h10-18,21,24-25H,8-9,19H2,1-7H3,(H,30,33)(H,31,35). The average molecular weight is 496 g/mol. The molecule has 2 aromatic carbocycles. The topological polar surface area (TPSA) is 87.7 Å². The fourth-order valence-corrected chi connectivity index (χ4v) is 3.96. The molecule has 0 fully saturated rings. The van der Waals surface area contributed by atoms with Crippen LogP contribution in [0.4, 0.5) is 4.79 Å². The van der Waals surface area contributed by atoms with E-state index in [0.717, 1.165) is 16.7 Å². The number of carbonyl (C=O) groups excluding carboxylic acids is 3. The predicted molar refractivity (Wildman–Crippen MR) is 142 cm³/mol. The van der Waals surface area contributed by atoms with E-state index in [1.165, 1.54) is 0 Å². The quantitative estimate of drug-likeness (QED) is 0.478. The van der Waals surface area contributed by atoms with E-state index in [1.807, 2.05) is 82.3 Å². The van der Waals surface area contributed by atoms with Crippen LogP contribution in [0.15, 0.2) is 54.6 Å². The summed E-state index contributed by atoms with van der Waals surface area (Å²) in [6, 6.07) is 15.6. The van der Waals surface area contributed by atoms with Crippen molar-refractivity contribution < 1.29 is 19.1 Å². The van der Waals surface area contributed by atoms with Crippen LogP contribution in [-0.4, -0.2) is 41.0 Å². The molecule has 3 amide bonds. The summed E-state index contributed by atoms with van der Waals surface area (Å²) >= 11 is 0. The van der Waals surface area contributed by atoms with Gasteiger partial charge in [0.25, 0.3) is 0 Å². The smallest absolute Gasteiger partial charge is 0.408 e. The van der Waals surface area contributed by atoms with Crippen molar-refractivity contribution in [2.24, 2.45) is 5.92 Å². The van der Waals surface area contributed by atoms with Gasteiger partial charge in [0.1, 0.15) is 17.7 Å². The van der Waals surface area contributed by atoms with Gasteiger partial charge >= 0.3 is 6.09 Å². The Morgan fingerprint density at radius 2 is 1.67 bits per heavy atom. The second-order valence-electron chi connectivity index (χ2n) is 10.2. The van der Waals surface area contributed by atoms with E-state index in [-0.39, 0.29) is 17.7 Å². The van der Waals surface area contributed by atoms with Crippen molar-refractivity contribution in [2.45, 2.75) is 79.1 Å². The van der Waals surface area contributed by atoms with Crippen LogP contribution in [0.2, 0.25) is 0 Å². The Morgan fingerprint density at radius 3 is 2.22 bits per heavy atom. The van der Waals surface area contributed by atoms with Gasteiger partial charge in [-0.15, -0.1) is 0 Å². The van der Waals surface area contributed by atoms with Crippen molar-refractivity contribution in [3.63, 3.8) is 0 Å². The Morgan fingerprint density at radius 1 is 1.00 bits per heavy atom. The highest BCUT2D eigenvalue weighted by atomic mass is 16.6. The van der Waals surface area contributed by atoms with Crippen molar-refractivity contribution in [3.05, 3.63) is 71.3 Å². The highest BCUT2D eigenvalue weighted by Crippen LogP contribution is 2.25. The first kappa shape index (κ1) is 28.9. The minimum atomic E-state index is -0.849. The maximum absolute atomic E-state index is 13.9. The van der Waals surface area contributed by atoms with Gasteiger partial charge in [0.05, 0.1) is 0 Å². The molecule has 0 heterocycles. The summed E-state index contributed by atoms with van der Waals surface area (Å²) < 4.78 is 5.42. The van der Waals surface area contributed by atoms with Gasteiger partial charge < -0.3 is 20.3 Å². The van der Waals surface area contributed by atoms with E-state index >= 15 is 0 Å². The Kier molecular flexibility index (Phi) is 10.5. The molecule has 2 rings (SSSR count). The number of rotatable bonds is 10. The van der Waals surface area contributed by atoms with E-state index in [2.05, 4.69) is 10.6 Å². The van der Waals surface area contributed by atoms with Gasteiger partial charge in [-0.3, -0.25) is 9.59 Å². The molecule has 3 unspecified atom stereocenters. The molecule has 0 saturated heterocycles. The number of nitrogens with one attached hydrogen (secondary N) is 2. The van der Waals surface area contributed by atoms with Crippen molar-refractivity contribution in [1.82, 2.24) is 15.5 Å². The summed E-state index contributed by atoms with van der Waals surface area (Å²) in [6.45, 7) is 13.6. The molecule has 0 aliphatic rings. The first-order chi connectivity index (χ1) is 17.0. The van der Waals surface area contributed by atoms with Crippen LogP contribution in [0.25, 0.3) is 0 Å². The lowest BCUT2D eigenvalue weighted by molar-refractivity contribution is -0.143. The maximum atomic E-state index is 13.9. The highest BCUT2D eigenvalue weighted by Gasteiger charge is 2.37. The van der Waals surface area contributed by atoms with E-state index in [4.69, 9.17) is 4.74 Å². The summed E-state index contributed by atoms with van der Waals surface area (Å²) in [5, 5.41) is 5.77. The van der Waals surface area contributed by atoms with Gasteiger partial charge in [-0.25, -0.2) is 4.79 Å². The number of likely N-dealkylation sites (N-methyl/N-ethyl adjacent to an activating group) is 1. The predicted octanol–water partition coefficient (Wildman–Crippen LogP) is 5.14. The van der Waals surface area contributed by atoms with Gasteiger partial charge in [-0.1, -0.05) is 80.4 Å². The number of hydrogen-bond donors (Lipinski definition) is 2. The molecular weight excluding hydrogens is 454 g/mol. The van der Waals surface area contributed by atoms with Crippen LogP contribution in [0.1, 0.15) is 70.7 Å². The third kappa shape index (κ3) is 8.40. The molecule has 0 aliphatic heterocycles. The Balaban J connectivity index is 2.39. The summed E-state index contributed by atoms with van der Waals surface area (Å²) in [5.74, 6) is -0.761. The number of alkyl carbamates (subject to hydrolysis) is 1. The fraction of sp³-hybridized carbons (Fsp3) is 0.483. The van der Waals surface area contributed by atoms with Crippen molar-refractivity contribution in [3.8, 4) is 0 Å². The zero-order valence-corrected chi connectivity index (χ0v) is 22.6. The highest BCUT2D eigenvalue weighted by molar-refractivity contribution is 5.92. The molecule has 36 heavy (non-hydrogen) atoms. The van der Waals surface area contributed by atoms with E-state index in [9.17, 15) is 14.4 Å². The van der Waals surface area contributed by atoms with Crippen LogP contribution >= 0.6 is 0 Å². The zero-order valence-electron chi connectivity index (χ0n) is 22.6. The molecule has 0 radical (unpaired) electrons. The van der Waals surface area contributed by atoms with Crippen LogP contribution in [0.5, 0.6) is 0 Å². The van der Waals surface area contributed by atoms with Gasteiger partial charge in [-0.05, 0) is 51.7 Å². The van der Waals surface area contributed by atoms with E-state index in [0.29, 0.717) is 19.5 Å². The zero-order chi connectivity index (χ0) is 26.9. The number of carbonyl (C=O) groups is 3. The third-order valence-corrected chi connectivity index (χ3v) is 6.00. The molecule has 2 aromatic rings. The molecule has 0 bridgehead atoms. The number of benzene rings is 2. The number of amides is 3. The first-order valence-electron chi connectivity index (χ1n) is 12.6. The number of aryl methyl sites for hydroxylation is 1. The molecule has 0 aliphatic carbocycles. The Labute approximate surface area is 215 Å². The Bertz CT molecular complexity index is 1020. The van der Waals surface area contributed by atoms with Gasteiger partial charge in [0, 0.05) is 13.1 Å². The summed E-state index contributed by atoms with van der Waals surface area (Å²) in [5.41, 5.74) is 1.98. The molecule has 3 atom stereocenters. The summed E-state index contributed by atoms with van der Waals surface area (Å²) in [4.78, 5) is 41.7. The third-order valence-electron chi connectivity index (χ3n) is 6.00. The molecular formula is C29H41N3O4. The minimum absolute atomic E-state index is 0.162. The van der Waals surface area contributed by atoms with Crippen LogP contribution < -0.4 is 10.6 Å². The molecule has 0 spiro atoms. The molecule has 0 aromatic heterocycles. The van der Waals surface area contributed by atoms with Crippen LogP contribution in [0.3, 0.4) is 0 Å². The molecule has 7 heteroatoms. The summed E-state index contributed by atoms with van der Waals surface area (Å²) in [7, 11) is 0. The molecule has 196 valence electrons. The molecule has 0 saturated carbocycles. The minimum Gasteiger partial charge on any atom is -0.444 e. The van der Waals surface area contributed by atoms with Crippen molar-refractivity contribution in [1.29, 1.82) is 0 Å². The van der Waals surface area contributed by atoms with Gasteiger partial charge in [-0.2, -0.15) is 0 Å². The molecule has 7 nitrogen and oxygen atoms in total. The lowest BCUT2D eigenvalue weighted by atomic mass is 9.95. The van der Waals surface area contributed by atoms with Crippen molar-refractivity contribution in [2.75, 3.05) is 6.54 Å². The van der Waals surface area contributed by atoms with Gasteiger partial charge in [0.15, 0.2) is 0 Å². The second kappa shape index (κ2) is 13.1.